The number of rotatable bonds is 7. The lowest BCUT2D eigenvalue weighted by molar-refractivity contribution is 0.674. The van der Waals surface area contributed by atoms with Gasteiger partial charge in [0, 0.05) is 55.1 Å². The molecule has 304 valence electrons. The van der Waals surface area contributed by atoms with Crippen LogP contribution in [-0.2, 0) is 0 Å². The van der Waals surface area contributed by atoms with Crippen molar-refractivity contribution < 1.29 is 4.42 Å². The van der Waals surface area contributed by atoms with Crippen LogP contribution in [0.1, 0.15) is 0 Å². The summed E-state index contributed by atoms with van der Waals surface area (Å²) in [5.41, 5.74) is 15.4. The van der Waals surface area contributed by atoms with Crippen LogP contribution in [0.2, 0.25) is 0 Å². The number of hydrogen-bond acceptors (Lipinski definition) is 2. The summed E-state index contributed by atoms with van der Waals surface area (Å²) < 4.78 is 9.17. The fraction of sp³-hybridized carbons (Fsp3) is 0. The van der Waals surface area contributed by atoms with E-state index < -0.39 is 0 Å². The van der Waals surface area contributed by atoms with Crippen molar-refractivity contribution in [3.8, 4) is 39.1 Å². The topological polar surface area (TPSA) is 21.3 Å². The third-order valence-electron chi connectivity index (χ3n) is 13.2. The molecule has 13 aromatic rings. The number of furan rings is 1. The van der Waals surface area contributed by atoms with E-state index in [0.29, 0.717) is 0 Å². The monoisotopic (exact) mass is 828 g/mol. The van der Waals surface area contributed by atoms with Crippen LogP contribution >= 0.6 is 0 Å². The van der Waals surface area contributed by atoms with Crippen LogP contribution in [-0.4, -0.2) is 4.57 Å². The molecular formula is C62H40N2O. The number of fused-ring (bicyclic) bond motifs is 9. The third kappa shape index (κ3) is 6.12. The minimum absolute atomic E-state index is 0.906. The molecule has 0 N–H and O–H groups in total. The second-order valence-corrected chi connectivity index (χ2v) is 16.9. The van der Waals surface area contributed by atoms with E-state index in [2.05, 4.69) is 252 Å². The molecule has 0 saturated carbocycles. The van der Waals surface area contributed by atoms with Gasteiger partial charge in [0.15, 0.2) is 0 Å². The van der Waals surface area contributed by atoms with Crippen molar-refractivity contribution in [3.63, 3.8) is 0 Å². The highest BCUT2D eigenvalue weighted by Gasteiger charge is 2.19. The fourth-order valence-corrected chi connectivity index (χ4v) is 10.1. The largest absolute Gasteiger partial charge is 0.455 e. The van der Waals surface area contributed by atoms with E-state index in [0.717, 1.165) is 72.3 Å². The first kappa shape index (κ1) is 36.9. The number of benzene rings is 11. The first-order valence-corrected chi connectivity index (χ1v) is 22.2. The maximum atomic E-state index is 6.76. The standard InChI is InChI=1S/C62H40N2O/c1-2-15-45-39-47(28-27-41(45)13-1)46-16-11-17-50(40-46)63(49-36-31-44(32-37-49)53-22-12-23-56-57-38-33-42-14-3-4-19-52(42)62(57)65-61(53)56)48-34-29-43(30-35-48)51-18-5-8-24-58(51)64-59-25-9-6-20-54(59)55-21-7-10-26-60(55)64/h1-40H. The van der Waals surface area contributed by atoms with Crippen LogP contribution in [0.25, 0.3) is 104 Å². The molecule has 2 aromatic heterocycles. The van der Waals surface area contributed by atoms with Crippen molar-refractivity contribution in [3.05, 3.63) is 243 Å². The molecule has 0 aliphatic rings. The molecule has 0 atom stereocenters. The Kier molecular flexibility index (Phi) is 8.53. The Morgan fingerprint density at radius 2 is 0.815 bits per heavy atom. The Labute approximate surface area is 376 Å². The number of aromatic nitrogens is 1. The zero-order chi connectivity index (χ0) is 42.8. The highest BCUT2D eigenvalue weighted by molar-refractivity contribution is 6.17. The quantitative estimate of drug-likeness (QED) is 0.160. The lowest BCUT2D eigenvalue weighted by Crippen LogP contribution is -2.10. The van der Waals surface area contributed by atoms with Crippen molar-refractivity contribution in [2.24, 2.45) is 0 Å². The maximum absolute atomic E-state index is 6.76. The summed E-state index contributed by atoms with van der Waals surface area (Å²) in [6.45, 7) is 0. The average molecular weight is 829 g/mol. The number of hydrogen-bond donors (Lipinski definition) is 0. The second-order valence-electron chi connectivity index (χ2n) is 16.9. The Hall–Kier alpha value is -8.66. The molecule has 0 saturated heterocycles. The first-order valence-electron chi connectivity index (χ1n) is 22.2. The van der Waals surface area contributed by atoms with Crippen molar-refractivity contribution in [2.45, 2.75) is 0 Å². The summed E-state index contributed by atoms with van der Waals surface area (Å²) in [5.74, 6) is 0. The van der Waals surface area contributed by atoms with Gasteiger partial charge in [0.2, 0.25) is 0 Å². The lowest BCUT2D eigenvalue weighted by atomic mass is 9.99. The van der Waals surface area contributed by atoms with E-state index in [-0.39, 0.29) is 0 Å². The second kappa shape index (κ2) is 15.0. The van der Waals surface area contributed by atoms with Gasteiger partial charge in [-0.05, 0) is 105 Å². The van der Waals surface area contributed by atoms with E-state index in [1.54, 1.807) is 0 Å². The van der Waals surface area contributed by atoms with Gasteiger partial charge < -0.3 is 13.9 Å². The van der Waals surface area contributed by atoms with Gasteiger partial charge in [0.1, 0.15) is 11.2 Å². The first-order chi connectivity index (χ1) is 32.2. The van der Waals surface area contributed by atoms with Gasteiger partial charge in [-0.2, -0.15) is 0 Å². The zero-order valence-electron chi connectivity index (χ0n) is 35.4. The van der Waals surface area contributed by atoms with Gasteiger partial charge in [-0.25, -0.2) is 0 Å². The molecule has 0 amide bonds. The Bertz CT molecular complexity index is 3900. The molecule has 0 aliphatic heterocycles. The van der Waals surface area contributed by atoms with Crippen molar-refractivity contribution in [1.82, 2.24) is 4.57 Å². The molecule has 2 heterocycles. The molecule has 0 aliphatic carbocycles. The minimum atomic E-state index is 0.906. The van der Waals surface area contributed by atoms with Crippen LogP contribution in [0.5, 0.6) is 0 Å². The van der Waals surface area contributed by atoms with Crippen LogP contribution in [0.4, 0.5) is 17.1 Å². The number of para-hydroxylation sites is 4. The molecule has 0 radical (unpaired) electrons. The number of anilines is 3. The lowest BCUT2D eigenvalue weighted by Gasteiger charge is -2.26. The molecule has 0 fully saturated rings. The van der Waals surface area contributed by atoms with Crippen molar-refractivity contribution in [1.29, 1.82) is 0 Å². The van der Waals surface area contributed by atoms with E-state index in [4.69, 9.17) is 4.42 Å². The van der Waals surface area contributed by atoms with Gasteiger partial charge in [-0.15, -0.1) is 0 Å². The summed E-state index contributed by atoms with van der Waals surface area (Å²) >= 11 is 0. The SMILES string of the molecule is c1cc(-c2ccc3ccccc3c2)cc(N(c2ccc(-c3ccccc3-n3c4ccccc4c4ccccc43)cc2)c2ccc(-c3cccc4c3oc3c5ccccc5ccc43)cc2)c1. The highest BCUT2D eigenvalue weighted by Crippen LogP contribution is 2.43. The summed E-state index contributed by atoms with van der Waals surface area (Å²) in [4.78, 5) is 2.37. The molecule has 65 heavy (non-hydrogen) atoms. The van der Waals surface area contributed by atoms with E-state index in [1.807, 2.05) is 0 Å². The molecule has 13 rings (SSSR count). The Morgan fingerprint density at radius 1 is 0.292 bits per heavy atom. The van der Waals surface area contributed by atoms with Gasteiger partial charge in [0.25, 0.3) is 0 Å². The summed E-state index contributed by atoms with van der Waals surface area (Å²) in [6, 6.07) is 87.7. The predicted octanol–water partition coefficient (Wildman–Crippen LogP) is 17.5. The van der Waals surface area contributed by atoms with Gasteiger partial charge in [-0.1, -0.05) is 176 Å². The van der Waals surface area contributed by atoms with Crippen LogP contribution < -0.4 is 4.90 Å². The smallest absolute Gasteiger partial charge is 0.143 e. The summed E-state index contributed by atoms with van der Waals surface area (Å²) in [6.07, 6.45) is 0. The minimum Gasteiger partial charge on any atom is -0.455 e. The fourth-order valence-electron chi connectivity index (χ4n) is 10.1. The van der Waals surface area contributed by atoms with Gasteiger partial charge in [-0.3, -0.25) is 0 Å². The average Bonchev–Trinajstić information content (AvgIpc) is 3.93. The van der Waals surface area contributed by atoms with Crippen LogP contribution in [0.15, 0.2) is 247 Å². The molecule has 0 spiro atoms. The van der Waals surface area contributed by atoms with Crippen LogP contribution in [0.3, 0.4) is 0 Å². The molecule has 3 heteroatoms. The normalized spacial score (nSPS) is 11.7. The van der Waals surface area contributed by atoms with E-state index in [1.165, 1.54) is 49.1 Å². The Morgan fingerprint density at radius 3 is 1.57 bits per heavy atom. The molecule has 11 aromatic carbocycles. The van der Waals surface area contributed by atoms with E-state index >= 15 is 0 Å². The van der Waals surface area contributed by atoms with Crippen molar-refractivity contribution in [2.75, 3.05) is 4.90 Å². The zero-order valence-corrected chi connectivity index (χ0v) is 35.4. The summed E-state index contributed by atoms with van der Waals surface area (Å²) in [7, 11) is 0. The van der Waals surface area contributed by atoms with Gasteiger partial charge >= 0.3 is 0 Å². The molecule has 3 nitrogen and oxygen atoms in total. The van der Waals surface area contributed by atoms with E-state index in [9.17, 15) is 0 Å². The van der Waals surface area contributed by atoms with Gasteiger partial charge in [0.05, 0.1) is 16.7 Å². The summed E-state index contributed by atoms with van der Waals surface area (Å²) in [5, 5.41) is 9.54. The van der Waals surface area contributed by atoms with Crippen molar-refractivity contribution >= 4 is 82.4 Å². The molecule has 0 unspecified atom stereocenters. The predicted molar refractivity (Wildman–Crippen MR) is 274 cm³/mol. The third-order valence-corrected chi connectivity index (χ3v) is 13.2. The number of nitrogens with zero attached hydrogens (tertiary/aromatic N) is 2. The molecular weight excluding hydrogens is 789 g/mol. The molecule has 0 bridgehead atoms. The maximum Gasteiger partial charge on any atom is 0.143 e. The highest BCUT2D eigenvalue weighted by atomic mass is 16.3. The Balaban J connectivity index is 0.927. The van der Waals surface area contributed by atoms with Crippen LogP contribution in [0, 0.1) is 0 Å².